The van der Waals surface area contributed by atoms with Crippen molar-refractivity contribution in [2.75, 3.05) is 13.1 Å². The van der Waals surface area contributed by atoms with E-state index < -0.39 is 30.0 Å². The molecule has 1 N–H and O–H groups in total. The van der Waals surface area contributed by atoms with E-state index in [-0.39, 0.29) is 25.1 Å². The summed E-state index contributed by atoms with van der Waals surface area (Å²) in [4.78, 5) is 25.2. The summed E-state index contributed by atoms with van der Waals surface area (Å²) < 4.78 is 43.0. The minimum atomic E-state index is -4.30. The van der Waals surface area contributed by atoms with E-state index in [9.17, 15) is 22.8 Å². The minimum absolute atomic E-state index is 0.0308. The smallest absolute Gasteiger partial charge is 0.393 e. The van der Waals surface area contributed by atoms with Crippen molar-refractivity contribution in [3.05, 3.63) is 24.2 Å². The van der Waals surface area contributed by atoms with Crippen LogP contribution in [0.1, 0.15) is 30.1 Å². The van der Waals surface area contributed by atoms with E-state index >= 15 is 0 Å². The van der Waals surface area contributed by atoms with Crippen molar-refractivity contribution in [2.45, 2.75) is 32.0 Å². The van der Waals surface area contributed by atoms with Crippen LogP contribution in [0.15, 0.2) is 23.0 Å². The van der Waals surface area contributed by atoms with Crippen LogP contribution in [-0.2, 0) is 4.79 Å². The van der Waals surface area contributed by atoms with Crippen LogP contribution in [0.3, 0.4) is 0 Å². The summed E-state index contributed by atoms with van der Waals surface area (Å²) in [5, 5.41) is 2.46. The molecule has 8 heteroatoms. The normalized spacial score (nSPS) is 20.5. The van der Waals surface area contributed by atoms with Crippen molar-refractivity contribution < 1.29 is 27.2 Å². The predicted octanol–water partition coefficient (Wildman–Crippen LogP) is 2.20. The molecule has 1 aromatic heterocycles. The first-order valence-electron chi connectivity index (χ1n) is 6.97. The maximum absolute atomic E-state index is 12.8. The fourth-order valence-corrected chi connectivity index (χ4v) is 2.45. The van der Waals surface area contributed by atoms with E-state index in [1.54, 1.807) is 0 Å². The number of carbonyl (C=O) groups is 2. The van der Waals surface area contributed by atoms with Crippen molar-refractivity contribution in [3.8, 4) is 0 Å². The van der Waals surface area contributed by atoms with Gasteiger partial charge in [-0.1, -0.05) is 0 Å². The third-order valence-corrected chi connectivity index (χ3v) is 3.70. The molecule has 0 bridgehead atoms. The standard InChI is InChI=1S/C14H17F3N2O3/c1-9(18-12(20)10-4-6-22-8-10)13(21)19-5-2-3-11(7-19)14(15,16)17/h4,6,8-9,11H,2-3,5,7H2,1H3,(H,18,20)/t9-,11+/m0/s1. The summed E-state index contributed by atoms with van der Waals surface area (Å²) in [7, 11) is 0. The average Bonchev–Trinajstić information content (AvgIpc) is 3.00. The number of halogens is 3. The number of piperidine rings is 1. The highest BCUT2D eigenvalue weighted by Gasteiger charge is 2.43. The molecule has 2 atom stereocenters. The van der Waals surface area contributed by atoms with Crippen molar-refractivity contribution in [2.24, 2.45) is 5.92 Å². The molecule has 0 unspecified atom stereocenters. The largest absolute Gasteiger partial charge is 0.472 e. The van der Waals surface area contributed by atoms with Crippen molar-refractivity contribution in [3.63, 3.8) is 0 Å². The third-order valence-electron chi connectivity index (χ3n) is 3.70. The molecule has 1 aliphatic rings. The zero-order valence-corrected chi connectivity index (χ0v) is 12.0. The van der Waals surface area contributed by atoms with Gasteiger partial charge in [-0.2, -0.15) is 13.2 Å². The molecule has 2 amide bonds. The van der Waals surface area contributed by atoms with Gasteiger partial charge in [0.2, 0.25) is 5.91 Å². The van der Waals surface area contributed by atoms with Crippen molar-refractivity contribution in [1.82, 2.24) is 10.2 Å². The first kappa shape index (κ1) is 16.4. The van der Waals surface area contributed by atoms with E-state index in [0.29, 0.717) is 6.42 Å². The Bertz CT molecular complexity index is 528. The summed E-state index contributed by atoms with van der Waals surface area (Å²) >= 11 is 0. The molecule has 0 radical (unpaired) electrons. The molecule has 0 spiro atoms. The maximum atomic E-state index is 12.8. The number of amides is 2. The van der Waals surface area contributed by atoms with Gasteiger partial charge < -0.3 is 14.6 Å². The molecule has 1 aliphatic heterocycles. The van der Waals surface area contributed by atoms with E-state index in [1.165, 1.54) is 30.4 Å². The van der Waals surface area contributed by atoms with Gasteiger partial charge in [0.15, 0.2) is 0 Å². The van der Waals surface area contributed by atoms with Crippen LogP contribution in [0.25, 0.3) is 0 Å². The van der Waals surface area contributed by atoms with Gasteiger partial charge in [0, 0.05) is 13.1 Å². The van der Waals surface area contributed by atoms with Gasteiger partial charge in [-0.05, 0) is 25.8 Å². The molecular weight excluding hydrogens is 301 g/mol. The molecular formula is C14H17F3N2O3. The molecule has 1 saturated heterocycles. The Balaban J connectivity index is 1.94. The van der Waals surface area contributed by atoms with E-state index in [1.807, 2.05) is 0 Å². The average molecular weight is 318 g/mol. The fourth-order valence-electron chi connectivity index (χ4n) is 2.45. The molecule has 5 nitrogen and oxygen atoms in total. The Hall–Kier alpha value is -1.99. The molecule has 1 fully saturated rings. The molecule has 1 aromatic rings. The Kier molecular flexibility index (Phi) is 4.77. The number of hydrogen-bond acceptors (Lipinski definition) is 3. The summed E-state index contributed by atoms with van der Waals surface area (Å²) in [6.45, 7) is 1.38. The monoisotopic (exact) mass is 318 g/mol. The second kappa shape index (κ2) is 6.41. The topological polar surface area (TPSA) is 62.6 Å². The zero-order valence-electron chi connectivity index (χ0n) is 12.0. The Labute approximate surface area is 125 Å². The number of nitrogens with one attached hydrogen (secondary N) is 1. The quantitative estimate of drug-likeness (QED) is 0.929. The van der Waals surface area contributed by atoms with Crippen LogP contribution in [0.5, 0.6) is 0 Å². The predicted molar refractivity (Wildman–Crippen MR) is 71.0 cm³/mol. The highest BCUT2D eigenvalue weighted by molar-refractivity contribution is 5.97. The number of rotatable bonds is 3. The molecule has 122 valence electrons. The van der Waals surface area contributed by atoms with E-state index in [0.717, 1.165) is 0 Å². The van der Waals surface area contributed by atoms with Gasteiger partial charge in [0.25, 0.3) is 5.91 Å². The molecule has 0 saturated carbocycles. The highest BCUT2D eigenvalue weighted by Crippen LogP contribution is 2.33. The number of alkyl halides is 3. The van der Waals surface area contributed by atoms with Crippen LogP contribution >= 0.6 is 0 Å². The second-order valence-corrected chi connectivity index (χ2v) is 5.37. The fraction of sp³-hybridized carbons (Fsp3) is 0.571. The number of carbonyl (C=O) groups excluding carboxylic acids is 2. The van der Waals surface area contributed by atoms with Crippen molar-refractivity contribution >= 4 is 11.8 Å². The number of hydrogen-bond donors (Lipinski definition) is 1. The van der Waals surface area contributed by atoms with Gasteiger partial charge in [-0.15, -0.1) is 0 Å². The first-order chi connectivity index (χ1) is 10.3. The number of furan rings is 1. The first-order valence-corrected chi connectivity index (χ1v) is 6.97. The van der Waals surface area contributed by atoms with Crippen LogP contribution in [0.2, 0.25) is 0 Å². The summed E-state index contributed by atoms with van der Waals surface area (Å²) in [5.41, 5.74) is 0.256. The highest BCUT2D eigenvalue weighted by atomic mass is 19.4. The lowest BCUT2D eigenvalue weighted by Crippen LogP contribution is -2.51. The maximum Gasteiger partial charge on any atom is 0.393 e. The second-order valence-electron chi connectivity index (χ2n) is 5.37. The molecule has 2 rings (SSSR count). The number of likely N-dealkylation sites (tertiary alicyclic amines) is 1. The van der Waals surface area contributed by atoms with Crippen LogP contribution in [0, 0.1) is 5.92 Å². The summed E-state index contributed by atoms with van der Waals surface area (Å²) in [5.74, 6) is -2.51. The lowest BCUT2D eigenvalue weighted by molar-refractivity contribution is -0.188. The van der Waals surface area contributed by atoms with Crippen LogP contribution in [0.4, 0.5) is 13.2 Å². The minimum Gasteiger partial charge on any atom is -0.472 e. The van der Waals surface area contributed by atoms with Gasteiger partial charge in [0.05, 0.1) is 17.7 Å². The number of nitrogens with zero attached hydrogens (tertiary/aromatic N) is 1. The van der Waals surface area contributed by atoms with Gasteiger partial charge >= 0.3 is 6.18 Å². The lowest BCUT2D eigenvalue weighted by atomic mass is 9.97. The molecule has 0 aromatic carbocycles. The van der Waals surface area contributed by atoms with Crippen LogP contribution in [-0.4, -0.2) is 42.0 Å². The Morgan fingerprint density at radius 3 is 2.77 bits per heavy atom. The van der Waals surface area contributed by atoms with Crippen LogP contribution < -0.4 is 5.32 Å². The SMILES string of the molecule is C[C@H](NC(=O)c1ccoc1)C(=O)N1CCC[C@@H](C(F)(F)F)C1. The van der Waals surface area contributed by atoms with E-state index in [2.05, 4.69) is 5.32 Å². The summed E-state index contributed by atoms with van der Waals surface area (Å²) in [6, 6.07) is 0.544. The molecule has 0 aliphatic carbocycles. The summed E-state index contributed by atoms with van der Waals surface area (Å²) in [6.07, 6.45) is -1.42. The van der Waals surface area contributed by atoms with Crippen molar-refractivity contribution in [1.29, 1.82) is 0 Å². The van der Waals surface area contributed by atoms with Gasteiger partial charge in [0.1, 0.15) is 12.3 Å². The van der Waals surface area contributed by atoms with E-state index in [4.69, 9.17) is 4.42 Å². The molecule has 22 heavy (non-hydrogen) atoms. The van der Waals surface area contributed by atoms with Gasteiger partial charge in [-0.3, -0.25) is 9.59 Å². The lowest BCUT2D eigenvalue weighted by Gasteiger charge is -2.35. The Morgan fingerprint density at radius 2 is 2.18 bits per heavy atom. The molecule has 2 heterocycles. The van der Waals surface area contributed by atoms with Gasteiger partial charge in [-0.25, -0.2) is 0 Å². The third kappa shape index (κ3) is 3.80. The zero-order chi connectivity index (χ0) is 16.3. The Morgan fingerprint density at radius 1 is 1.45 bits per heavy atom.